The summed E-state index contributed by atoms with van der Waals surface area (Å²) in [5.41, 5.74) is 1.07. The highest BCUT2D eigenvalue weighted by Gasteiger charge is 2.48. The van der Waals surface area contributed by atoms with E-state index in [-0.39, 0.29) is 29.6 Å². The molecule has 3 fully saturated rings. The van der Waals surface area contributed by atoms with E-state index < -0.39 is 11.9 Å². The summed E-state index contributed by atoms with van der Waals surface area (Å²) in [5.74, 6) is 1.07. The number of halogens is 1. The van der Waals surface area contributed by atoms with E-state index in [0.717, 1.165) is 19.4 Å². The third kappa shape index (κ3) is 3.74. The first-order chi connectivity index (χ1) is 15.8. The van der Waals surface area contributed by atoms with Crippen molar-refractivity contribution in [3.63, 3.8) is 0 Å². The number of nitrogens with zero attached hydrogens (tertiary/aromatic N) is 7. The number of benzene rings is 1. The number of aromatic hydroxyl groups is 1. The van der Waals surface area contributed by atoms with Gasteiger partial charge in [-0.15, -0.1) is 10.2 Å². The summed E-state index contributed by atoms with van der Waals surface area (Å²) in [6, 6.07) is 8.21. The van der Waals surface area contributed by atoms with Gasteiger partial charge in [0, 0.05) is 37.8 Å². The Balaban J connectivity index is 1.37. The van der Waals surface area contributed by atoms with Gasteiger partial charge in [-0.2, -0.15) is 4.98 Å². The van der Waals surface area contributed by atoms with Crippen molar-refractivity contribution in [1.82, 2.24) is 29.6 Å². The number of fused-ring (bicyclic) bond motifs is 3. The van der Waals surface area contributed by atoms with Crippen LogP contribution in [0.1, 0.15) is 12.8 Å². The van der Waals surface area contributed by atoms with Gasteiger partial charge in [0.2, 0.25) is 0 Å². The summed E-state index contributed by atoms with van der Waals surface area (Å²) in [6.07, 6.45) is 2.37. The molecule has 1 aliphatic carbocycles. The van der Waals surface area contributed by atoms with Crippen LogP contribution in [0.3, 0.4) is 0 Å². The molecule has 2 bridgehead atoms. The first kappa shape index (κ1) is 21.4. The Morgan fingerprint density at radius 2 is 1.97 bits per heavy atom. The predicted molar refractivity (Wildman–Crippen MR) is 122 cm³/mol. The maximum atomic E-state index is 15.2. The quantitative estimate of drug-likeness (QED) is 0.642. The second-order valence-electron chi connectivity index (χ2n) is 8.97. The van der Waals surface area contributed by atoms with Crippen molar-refractivity contribution >= 4 is 5.82 Å². The molecule has 2 aliphatic heterocycles. The average Bonchev–Trinajstić information content (AvgIpc) is 2.81. The Bertz CT molecular complexity index is 1230. The minimum absolute atomic E-state index is 0.0244. The Morgan fingerprint density at radius 3 is 2.61 bits per heavy atom. The number of aryl methyl sites for hydroxylation is 1. The summed E-state index contributed by atoms with van der Waals surface area (Å²) in [6.45, 7) is 0.892. The molecule has 3 aliphatic rings. The van der Waals surface area contributed by atoms with Crippen molar-refractivity contribution in [3.8, 4) is 28.4 Å². The monoisotopic (exact) mass is 451 g/mol. The molecule has 9 nitrogen and oxygen atoms in total. The van der Waals surface area contributed by atoms with Crippen molar-refractivity contribution in [2.24, 2.45) is 13.0 Å². The summed E-state index contributed by atoms with van der Waals surface area (Å²) in [7, 11) is 5.44. The van der Waals surface area contributed by atoms with Gasteiger partial charge in [-0.05, 0) is 50.1 Å². The molecule has 3 aromatic rings. The molecule has 2 aromatic heterocycles. The van der Waals surface area contributed by atoms with Crippen LogP contribution in [-0.4, -0.2) is 73.6 Å². The Labute approximate surface area is 190 Å². The highest BCUT2D eigenvalue weighted by atomic mass is 19.1. The molecule has 0 amide bonds. The van der Waals surface area contributed by atoms with Crippen molar-refractivity contribution in [3.05, 3.63) is 47.1 Å². The standard InChI is InChI=1S/C23H26FN7O2/c1-29-11-14-5-8-17(29)20(24)21(14)31(3)19-9-7-16(27-28-19)15-6-4-13(10-18(15)32)22-25-12-30(2)23(33)26-22/h4,6-7,9-10,12,14,17,20-21,32H,5,8,11H2,1-3H3/t14-,17+,20+,21+/m1/s1. The third-order valence-corrected chi connectivity index (χ3v) is 6.95. The Hall–Kier alpha value is -3.40. The molecule has 33 heavy (non-hydrogen) atoms. The zero-order valence-corrected chi connectivity index (χ0v) is 18.8. The van der Waals surface area contributed by atoms with E-state index >= 15 is 4.39 Å². The van der Waals surface area contributed by atoms with Crippen LogP contribution in [0.15, 0.2) is 41.5 Å². The van der Waals surface area contributed by atoms with Crippen LogP contribution in [0.5, 0.6) is 5.75 Å². The van der Waals surface area contributed by atoms with Crippen molar-refractivity contribution < 1.29 is 9.50 Å². The van der Waals surface area contributed by atoms with Crippen LogP contribution in [0, 0.1) is 5.92 Å². The topological polar surface area (TPSA) is 100 Å². The number of hydrogen-bond donors (Lipinski definition) is 1. The number of aromatic nitrogens is 5. The minimum Gasteiger partial charge on any atom is -0.507 e. The lowest BCUT2D eigenvalue weighted by Crippen LogP contribution is -2.64. The van der Waals surface area contributed by atoms with Crippen molar-refractivity contribution in [1.29, 1.82) is 0 Å². The van der Waals surface area contributed by atoms with Crippen LogP contribution in [0.2, 0.25) is 0 Å². The smallest absolute Gasteiger partial charge is 0.350 e. The van der Waals surface area contributed by atoms with Gasteiger partial charge < -0.3 is 14.9 Å². The average molecular weight is 452 g/mol. The van der Waals surface area contributed by atoms with Gasteiger partial charge in [-0.1, -0.05) is 6.07 Å². The summed E-state index contributed by atoms with van der Waals surface area (Å²) in [5, 5.41) is 19.2. The van der Waals surface area contributed by atoms with Gasteiger partial charge in [0.15, 0.2) is 11.6 Å². The van der Waals surface area contributed by atoms with Crippen LogP contribution in [-0.2, 0) is 7.05 Å². The van der Waals surface area contributed by atoms with E-state index in [1.165, 1.54) is 17.0 Å². The molecule has 1 aromatic carbocycles. The Morgan fingerprint density at radius 1 is 1.15 bits per heavy atom. The molecular formula is C23H26FN7O2. The van der Waals surface area contributed by atoms with E-state index in [0.29, 0.717) is 22.6 Å². The molecule has 4 atom stereocenters. The second-order valence-corrected chi connectivity index (χ2v) is 8.97. The lowest BCUT2D eigenvalue weighted by Gasteiger charge is -2.52. The molecular weight excluding hydrogens is 425 g/mol. The largest absolute Gasteiger partial charge is 0.507 e. The molecule has 0 spiro atoms. The first-order valence-corrected chi connectivity index (χ1v) is 11.0. The zero-order valence-electron chi connectivity index (χ0n) is 18.8. The number of anilines is 1. The molecule has 6 rings (SSSR count). The van der Waals surface area contributed by atoms with E-state index in [1.807, 2.05) is 19.0 Å². The van der Waals surface area contributed by atoms with Gasteiger partial charge in [0.25, 0.3) is 0 Å². The SMILES string of the molecule is CN1C[C@H]2CC[C@H]1[C@H](F)[C@H]2N(C)c1ccc(-c2ccc(-c3ncn(C)c(=O)n3)cc2O)nn1. The van der Waals surface area contributed by atoms with Crippen molar-refractivity contribution in [2.75, 3.05) is 25.5 Å². The molecule has 4 heterocycles. The second kappa shape index (κ2) is 8.18. The normalized spacial score (nSPS) is 24.7. The predicted octanol–water partition coefficient (Wildman–Crippen LogP) is 1.87. The minimum atomic E-state index is -0.928. The maximum Gasteiger partial charge on any atom is 0.350 e. The van der Waals surface area contributed by atoms with Crippen LogP contribution in [0.4, 0.5) is 10.2 Å². The molecule has 10 heteroatoms. The van der Waals surface area contributed by atoms with E-state index in [2.05, 4.69) is 25.1 Å². The van der Waals surface area contributed by atoms with Gasteiger partial charge in [0.05, 0.1) is 11.7 Å². The zero-order chi connectivity index (χ0) is 23.3. The number of hydrogen-bond acceptors (Lipinski definition) is 8. The van der Waals surface area contributed by atoms with Gasteiger partial charge >= 0.3 is 5.69 Å². The molecule has 0 radical (unpaired) electrons. The van der Waals surface area contributed by atoms with Gasteiger partial charge in [-0.25, -0.2) is 14.2 Å². The van der Waals surface area contributed by atoms with E-state index in [9.17, 15) is 9.90 Å². The number of rotatable bonds is 4. The number of piperidine rings is 2. The maximum absolute atomic E-state index is 15.2. The van der Waals surface area contributed by atoms with Gasteiger partial charge in [0.1, 0.15) is 18.2 Å². The third-order valence-electron chi connectivity index (χ3n) is 6.95. The lowest BCUT2D eigenvalue weighted by atomic mass is 9.74. The van der Waals surface area contributed by atoms with Crippen LogP contribution in [0.25, 0.3) is 22.6 Å². The molecule has 2 saturated heterocycles. The highest BCUT2D eigenvalue weighted by Crippen LogP contribution is 2.40. The summed E-state index contributed by atoms with van der Waals surface area (Å²) < 4.78 is 16.4. The molecule has 0 unspecified atom stereocenters. The van der Waals surface area contributed by atoms with Gasteiger partial charge in [-0.3, -0.25) is 4.57 Å². The van der Waals surface area contributed by atoms with E-state index in [1.54, 1.807) is 31.3 Å². The van der Waals surface area contributed by atoms with E-state index in [4.69, 9.17) is 0 Å². The number of alkyl halides is 1. The highest BCUT2D eigenvalue weighted by molar-refractivity contribution is 5.72. The van der Waals surface area contributed by atoms with Crippen LogP contribution < -0.4 is 10.6 Å². The summed E-state index contributed by atoms with van der Waals surface area (Å²) >= 11 is 0. The molecule has 1 N–H and O–H groups in total. The van der Waals surface area contributed by atoms with Crippen LogP contribution >= 0.6 is 0 Å². The Kier molecular flexibility index (Phi) is 5.32. The number of phenolic OH excluding ortho intramolecular Hbond substituents is 1. The lowest BCUT2D eigenvalue weighted by molar-refractivity contribution is -0.0177. The fourth-order valence-corrected chi connectivity index (χ4v) is 5.13. The fourth-order valence-electron chi connectivity index (χ4n) is 5.13. The number of phenols is 1. The fraction of sp³-hybridized carbons (Fsp3) is 0.435. The van der Waals surface area contributed by atoms with Crippen molar-refractivity contribution in [2.45, 2.75) is 31.1 Å². The molecule has 1 saturated carbocycles. The molecule has 172 valence electrons. The first-order valence-electron chi connectivity index (χ1n) is 11.0. The summed E-state index contributed by atoms with van der Waals surface area (Å²) in [4.78, 5) is 23.8.